The van der Waals surface area contributed by atoms with Crippen LogP contribution >= 0.6 is 0 Å². The van der Waals surface area contributed by atoms with Gasteiger partial charge in [-0.15, -0.1) is 5.10 Å². The highest BCUT2D eigenvalue weighted by atomic mass is 19.3. The summed E-state index contributed by atoms with van der Waals surface area (Å²) in [6.45, 7) is 6.23. The van der Waals surface area contributed by atoms with Crippen LogP contribution in [0.5, 0.6) is 0 Å². The second-order valence-electron chi connectivity index (χ2n) is 8.11. The molecule has 164 valence electrons. The highest BCUT2D eigenvalue weighted by Gasteiger charge is 2.36. The highest BCUT2D eigenvalue weighted by molar-refractivity contribution is 5.95. The SMILES string of the molecule is CCCC(F)(F)c1nc(Cc2ccc(-c3ccccc3C(=O)O)cc2)n(CC(C)C)n1. The summed E-state index contributed by atoms with van der Waals surface area (Å²) in [5.41, 5.74) is 2.53. The van der Waals surface area contributed by atoms with Gasteiger partial charge in [0.05, 0.1) is 5.56 Å². The summed E-state index contributed by atoms with van der Waals surface area (Å²) in [6, 6.07) is 14.2. The summed E-state index contributed by atoms with van der Waals surface area (Å²) in [5.74, 6) is -3.71. The van der Waals surface area contributed by atoms with Crippen molar-refractivity contribution in [2.75, 3.05) is 0 Å². The van der Waals surface area contributed by atoms with Gasteiger partial charge in [0.15, 0.2) is 0 Å². The van der Waals surface area contributed by atoms with Gasteiger partial charge in [0.1, 0.15) is 5.82 Å². The van der Waals surface area contributed by atoms with Crippen molar-refractivity contribution in [3.05, 3.63) is 71.3 Å². The zero-order valence-corrected chi connectivity index (χ0v) is 18.0. The first kappa shape index (κ1) is 22.6. The van der Waals surface area contributed by atoms with Crippen molar-refractivity contribution in [3.8, 4) is 11.1 Å². The van der Waals surface area contributed by atoms with Crippen molar-refractivity contribution in [3.63, 3.8) is 0 Å². The van der Waals surface area contributed by atoms with Crippen LogP contribution in [-0.4, -0.2) is 25.8 Å². The van der Waals surface area contributed by atoms with Gasteiger partial charge >= 0.3 is 11.9 Å². The van der Waals surface area contributed by atoms with E-state index in [1.165, 1.54) is 0 Å². The summed E-state index contributed by atoms with van der Waals surface area (Å²) in [7, 11) is 0. The minimum absolute atomic E-state index is 0.231. The molecule has 31 heavy (non-hydrogen) atoms. The number of hydrogen-bond acceptors (Lipinski definition) is 3. The standard InChI is InChI=1S/C24H27F2N3O2/c1-4-13-24(25,26)23-27-21(29(28-23)15-16(2)3)14-17-9-11-18(12-10-17)19-7-5-6-8-20(19)22(30)31/h5-12,16H,4,13-15H2,1-3H3,(H,30,31). The lowest BCUT2D eigenvalue weighted by atomic mass is 9.98. The lowest BCUT2D eigenvalue weighted by Gasteiger charge is -2.10. The summed E-state index contributed by atoms with van der Waals surface area (Å²) >= 11 is 0. The Hall–Kier alpha value is -3.09. The number of carbonyl (C=O) groups is 1. The van der Waals surface area contributed by atoms with E-state index in [4.69, 9.17) is 0 Å². The molecule has 0 atom stereocenters. The fraction of sp³-hybridized carbons (Fsp3) is 0.375. The van der Waals surface area contributed by atoms with Gasteiger partial charge < -0.3 is 5.11 Å². The predicted molar refractivity (Wildman–Crippen MR) is 115 cm³/mol. The minimum atomic E-state index is -3.05. The van der Waals surface area contributed by atoms with Gasteiger partial charge in [-0.2, -0.15) is 8.78 Å². The molecule has 7 heteroatoms. The van der Waals surface area contributed by atoms with Gasteiger partial charge in [-0.25, -0.2) is 14.5 Å². The van der Waals surface area contributed by atoms with Crippen molar-refractivity contribution >= 4 is 5.97 Å². The molecule has 0 saturated carbocycles. The number of halogens is 2. The van der Waals surface area contributed by atoms with Gasteiger partial charge in [0, 0.05) is 19.4 Å². The van der Waals surface area contributed by atoms with Crippen LogP contribution in [0, 0.1) is 5.92 Å². The van der Waals surface area contributed by atoms with Crippen LogP contribution in [0.3, 0.4) is 0 Å². The Balaban J connectivity index is 1.89. The largest absolute Gasteiger partial charge is 0.478 e. The van der Waals surface area contributed by atoms with E-state index in [2.05, 4.69) is 10.1 Å². The number of hydrogen-bond donors (Lipinski definition) is 1. The van der Waals surface area contributed by atoms with E-state index in [9.17, 15) is 18.7 Å². The lowest BCUT2D eigenvalue weighted by Crippen LogP contribution is -2.16. The Morgan fingerprint density at radius 3 is 2.42 bits per heavy atom. The molecule has 0 radical (unpaired) electrons. The molecule has 0 unspecified atom stereocenters. The molecule has 0 saturated heterocycles. The topological polar surface area (TPSA) is 68.0 Å². The third kappa shape index (κ3) is 5.34. The van der Waals surface area contributed by atoms with Crippen LogP contribution in [0.25, 0.3) is 11.1 Å². The molecule has 0 bridgehead atoms. The van der Waals surface area contributed by atoms with Crippen LogP contribution in [0.1, 0.15) is 61.2 Å². The number of alkyl halides is 2. The molecule has 0 aliphatic heterocycles. The Kier molecular flexibility index (Phi) is 6.83. The molecule has 0 amide bonds. The van der Waals surface area contributed by atoms with Crippen molar-refractivity contribution in [1.29, 1.82) is 0 Å². The van der Waals surface area contributed by atoms with E-state index in [-0.39, 0.29) is 17.9 Å². The monoisotopic (exact) mass is 427 g/mol. The van der Waals surface area contributed by atoms with Crippen LogP contribution in [0.15, 0.2) is 48.5 Å². The Morgan fingerprint density at radius 1 is 1.13 bits per heavy atom. The van der Waals surface area contributed by atoms with Crippen molar-refractivity contribution in [1.82, 2.24) is 14.8 Å². The van der Waals surface area contributed by atoms with Crippen LogP contribution in [0.2, 0.25) is 0 Å². The third-order valence-corrected chi connectivity index (χ3v) is 4.96. The fourth-order valence-electron chi connectivity index (χ4n) is 3.48. The van der Waals surface area contributed by atoms with Crippen LogP contribution < -0.4 is 0 Å². The zero-order valence-electron chi connectivity index (χ0n) is 18.0. The molecule has 1 aromatic heterocycles. The van der Waals surface area contributed by atoms with Crippen molar-refractivity contribution in [2.45, 2.75) is 52.5 Å². The van der Waals surface area contributed by atoms with Crippen LogP contribution in [-0.2, 0) is 18.9 Å². The van der Waals surface area contributed by atoms with E-state index in [0.717, 1.165) is 11.1 Å². The Bertz CT molecular complexity index is 1040. The number of carboxylic acid groups (broad SMARTS) is 1. The fourth-order valence-corrected chi connectivity index (χ4v) is 3.48. The molecule has 1 heterocycles. The summed E-state index contributed by atoms with van der Waals surface area (Å²) < 4.78 is 30.3. The molecule has 0 aliphatic carbocycles. The van der Waals surface area contributed by atoms with Gasteiger partial charge in [0.2, 0.25) is 5.82 Å². The molecule has 0 fully saturated rings. The van der Waals surface area contributed by atoms with Gasteiger partial charge in [-0.05, 0) is 35.1 Å². The smallest absolute Gasteiger partial charge is 0.336 e. The molecule has 3 rings (SSSR count). The number of rotatable bonds is 9. The number of aromatic nitrogens is 3. The summed E-state index contributed by atoms with van der Waals surface area (Å²) in [4.78, 5) is 15.7. The van der Waals surface area contributed by atoms with E-state index in [0.29, 0.717) is 30.8 Å². The molecule has 1 N–H and O–H groups in total. The average Bonchev–Trinajstić information content (AvgIpc) is 3.11. The van der Waals surface area contributed by atoms with E-state index >= 15 is 0 Å². The molecular weight excluding hydrogens is 400 g/mol. The third-order valence-electron chi connectivity index (χ3n) is 4.96. The number of benzene rings is 2. The predicted octanol–water partition coefficient (Wildman–Crippen LogP) is 5.78. The quantitative estimate of drug-likeness (QED) is 0.470. The lowest BCUT2D eigenvalue weighted by molar-refractivity contribution is -0.0233. The molecule has 5 nitrogen and oxygen atoms in total. The molecule has 2 aromatic carbocycles. The summed E-state index contributed by atoms with van der Waals surface area (Å²) in [6.07, 6.45) is 0.429. The maximum atomic E-state index is 14.4. The minimum Gasteiger partial charge on any atom is -0.478 e. The maximum absolute atomic E-state index is 14.4. The Labute approximate surface area is 180 Å². The normalized spacial score (nSPS) is 11.8. The van der Waals surface area contributed by atoms with Crippen molar-refractivity contribution in [2.24, 2.45) is 5.92 Å². The van der Waals surface area contributed by atoms with Gasteiger partial charge in [-0.1, -0.05) is 63.2 Å². The number of aromatic carboxylic acids is 1. The molecular formula is C24H27F2N3O2. The maximum Gasteiger partial charge on any atom is 0.336 e. The highest BCUT2D eigenvalue weighted by Crippen LogP contribution is 2.31. The van der Waals surface area contributed by atoms with Crippen molar-refractivity contribution < 1.29 is 18.7 Å². The van der Waals surface area contributed by atoms with Gasteiger partial charge in [-0.3, -0.25) is 0 Å². The molecule has 3 aromatic rings. The number of nitrogens with zero attached hydrogens (tertiary/aromatic N) is 3. The molecule has 0 aliphatic rings. The number of carboxylic acids is 1. The van der Waals surface area contributed by atoms with E-state index in [1.807, 2.05) is 38.1 Å². The Morgan fingerprint density at radius 2 is 1.81 bits per heavy atom. The van der Waals surface area contributed by atoms with Crippen LogP contribution in [0.4, 0.5) is 8.78 Å². The molecule has 0 spiro atoms. The van der Waals surface area contributed by atoms with Gasteiger partial charge in [0.25, 0.3) is 0 Å². The first-order chi connectivity index (χ1) is 14.7. The average molecular weight is 427 g/mol. The van der Waals surface area contributed by atoms with E-state index in [1.54, 1.807) is 35.9 Å². The van der Waals surface area contributed by atoms with E-state index < -0.39 is 17.7 Å². The first-order valence-electron chi connectivity index (χ1n) is 10.4. The zero-order chi connectivity index (χ0) is 22.6. The summed E-state index contributed by atoms with van der Waals surface area (Å²) in [5, 5.41) is 13.5. The first-order valence-corrected chi connectivity index (χ1v) is 10.4. The second-order valence-corrected chi connectivity index (χ2v) is 8.11. The second kappa shape index (κ2) is 9.37.